The van der Waals surface area contributed by atoms with Crippen molar-refractivity contribution >= 4 is 5.69 Å². The molecule has 0 radical (unpaired) electrons. The molecule has 1 atom stereocenters. The van der Waals surface area contributed by atoms with Gasteiger partial charge in [0.05, 0.1) is 18.4 Å². The number of hydrogen-bond donors (Lipinski definition) is 2. The van der Waals surface area contributed by atoms with Crippen molar-refractivity contribution < 1.29 is 14.6 Å². The maximum Gasteiger partial charge on any atom is 0.146 e. The van der Waals surface area contributed by atoms with Crippen molar-refractivity contribution in [2.75, 3.05) is 18.0 Å². The van der Waals surface area contributed by atoms with E-state index in [0.29, 0.717) is 30.8 Å². The molecular formula is C11H14FNO2. The van der Waals surface area contributed by atoms with E-state index in [1.807, 2.05) is 4.90 Å². The largest absolute Gasteiger partial charge is 0.392 e. The number of hydrogen-bond acceptors (Lipinski definition) is 3. The van der Waals surface area contributed by atoms with Gasteiger partial charge in [0.2, 0.25) is 0 Å². The highest BCUT2D eigenvalue weighted by Crippen LogP contribution is 2.24. The van der Waals surface area contributed by atoms with Gasteiger partial charge < -0.3 is 15.1 Å². The van der Waals surface area contributed by atoms with Crippen LogP contribution in [0.3, 0.4) is 0 Å². The zero-order valence-corrected chi connectivity index (χ0v) is 8.36. The predicted octanol–water partition coefficient (Wildman–Crippen LogP) is 0.889. The molecular weight excluding hydrogens is 197 g/mol. The molecule has 0 aromatic heterocycles. The lowest BCUT2D eigenvalue weighted by Crippen LogP contribution is -2.22. The second-order valence-electron chi connectivity index (χ2n) is 3.83. The van der Waals surface area contributed by atoms with Gasteiger partial charge in [0.25, 0.3) is 0 Å². The van der Waals surface area contributed by atoms with Gasteiger partial charge in [-0.1, -0.05) is 6.07 Å². The van der Waals surface area contributed by atoms with Gasteiger partial charge in [-0.3, -0.25) is 0 Å². The van der Waals surface area contributed by atoms with Crippen LogP contribution in [0, 0.1) is 5.82 Å². The summed E-state index contributed by atoms with van der Waals surface area (Å²) in [7, 11) is 0. The lowest BCUT2D eigenvalue weighted by atomic mass is 10.2. The zero-order valence-electron chi connectivity index (χ0n) is 8.36. The molecule has 1 aliphatic rings. The Morgan fingerprint density at radius 1 is 1.47 bits per heavy atom. The summed E-state index contributed by atoms with van der Waals surface area (Å²) in [5.74, 6) is -0.337. The van der Waals surface area contributed by atoms with Crippen molar-refractivity contribution in [2.24, 2.45) is 0 Å². The number of rotatable bonds is 2. The third-order valence-electron chi connectivity index (χ3n) is 2.70. The van der Waals surface area contributed by atoms with Crippen molar-refractivity contribution in [1.82, 2.24) is 0 Å². The SMILES string of the molecule is OCc1ccc(N2CCC(O)C2)c(F)c1. The van der Waals surface area contributed by atoms with Crippen LogP contribution in [-0.4, -0.2) is 29.4 Å². The van der Waals surface area contributed by atoms with E-state index in [0.717, 1.165) is 0 Å². The number of nitrogens with zero attached hydrogens (tertiary/aromatic N) is 1. The number of β-amino-alcohol motifs (C(OH)–C–C–N with tert-alkyl or cyclic N) is 1. The lowest BCUT2D eigenvalue weighted by Gasteiger charge is -2.18. The minimum absolute atomic E-state index is 0.153. The molecule has 82 valence electrons. The van der Waals surface area contributed by atoms with E-state index in [1.54, 1.807) is 12.1 Å². The molecule has 2 rings (SSSR count). The quantitative estimate of drug-likeness (QED) is 0.763. The average molecular weight is 211 g/mol. The van der Waals surface area contributed by atoms with Crippen LogP contribution >= 0.6 is 0 Å². The second kappa shape index (κ2) is 4.16. The first-order chi connectivity index (χ1) is 7.20. The summed E-state index contributed by atoms with van der Waals surface area (Å²) < 4.78 is 13.6. The van der Waals surface area contributed by atoms with Crippen LogP contribution in [0.5, 0.6) is 0 Å². The van der Waals surface area contributed by atoms with Crippen molar-refractivity contribution in [3.63, 3.8) is 0 Å². The van der Waals surface area contributed by atoms with Crippen molar-refractivity contribution in [3.05, 3.63) is 29.6 Å². The Bertz CT molecular complexity index is 356. The molecule has 1 aromatic carbocycles. The monoisotopic (exact) mass is 211 g/mol. The Hall–Kier alpha value is -1.13. The summed E-state index contributed by atoms with van der Waals surface area (Å²) in [5.41, 5.74) is 1.07. The molecule has 1 saturated heterocycles. The fourth-order valence-electron chi connectivity index (χ4n) is 1.87. The van der Waals surface area contributed by atoms with E-state index >= 15 is 0 Å². The predicted molar refractivity (Wildman–Crippen MR) is 55.2 cm³/mol. The first kappa shape index (κ1) is 10.4. The molecule has 1 aromatic rings. The van der Waals surface area contributed by atoms with Gasteiger partial charge >= 0.3 is 0 Å². The first-order valence-electron chi connectivity index (χ1n) is 5.03. The van der Waals surface area contributed by atoms with E-state index in [4.69, 9.17) is 5.11 Å². The Morgan fingerprint density at radius 2 is 2.27 bits per heavy atom. The normalized spacial score (nSPS) is 21.0. The molecule has 2 N–H and O–H groups in total. The highest BCUT2D eigenvalue weighted by atomic mass is 19.1. The maximum atomic E-state index is 13.6. The van der Waals surface area contributed by atoms with Gasteiger partial charge in [-0.15, -0.1) is 0 Å². The zero-order chi connectivity index (χ0) is 10.8. The summed E-state index contributed by atoms with van der Waals surface area (Å²) in [6.45, 7) is 1.01. The van der Waals surface area contributed by atoms with E-state index < -0.39 is 0 Å². The van der Waals surface area contributed by atoms with Crippen LogP contribution in [0.25, 0.3) is 0 Å². The van der Waals surface area contributed by atoms with E-state index in [2.05, 4.69) is 0 Å². The summed E-state index contributed by atoms with van der Waals surface area (Å²) in [6, 6.07) is 4.68. The lowest BCUT2D eigenvalue weighted by molar-refractivity contribution is 0.198. The van der Waals surface area contributed by atoms with Crippen LogP contribution < -0.4 is 4.90 Å². The third-order valence-corrected chi connectivity index (χ3v) is 2.70. The van der Waals surface area contributed by atoms with Crippen LogP contribution in [0.4, 0.5) is 10.1 Å². The topological polar surface area (TPSA) is 43.7 Å². The van der Waals surface area contributed by atoms with E-state index in [9.17, 15) is 9.50 Å². The van der Waals surface area contributed by atoms with Crippen LogP contribution in [0.1, 0.15) is 12.0 Å². The van der Waals surface area contributed by atoms with E-state index in [-0.39, 0.29) is 18.5 Å². The van der Waals surface area contributed by atoms with Crippen molar-refractivity contribution in [2.45, 2.75) is 19.1 Å². The first-order valence-corrected chi connectivity index (χ1v) is 5.03. The molecule has 15 heavy (non-hydrogen) atoms. The Kier molecular flexibility index (Phi) is 2.88. The number of halogens is 1. The van der Waals surface area contributed by atoms with Crippen LogP contribution in [0.15, 0.2) is 18.2 Å². The second-order valence-corrected chi connectivity index (χ2v) is 3.83. The number of anilines is 1. The molecule has 0 spiro atoms. The highest BCUT2D eigenvalue weighted by Gasteiger charge is 2.22. The molecule has 1 heterocycles. The number of benzene rings is 1. The van der Waals surface area contributed by atoms with E-state index in [1.165, 1.54) is 6.07 Å². The summed E-state index contributed by atoms with van der Waals surface area (Å²) >= 11 is 0. The Morgan fingerprint density at radius 3 is 2.80 bits per heavy atom. The Balaban J connectivity index is 2.21. The van der Waals surface area contributed by atoms with Crippen LogP contribution in [-0.2, 0) is 6.61 Å². The molecule has 3 nitrogen and oxygen atoms in total. The van der Waals surface area contributed by atoms with Gasteiger partial charge in [0.1, 0.15) is 5.82 Å². The standard InChI is InChI=1S/C11H14FNO2/c12-10-5-8(7-14)1-2-11(10)13-4-3-9(15)6-13/h1-2,5,9,14-15H,3-4,6-7H2. The van der Waals surface area contributed by atoms with Gasteiger partial charge in [-0.05, 0) is 24.1 Å². The molecule has 1 unspecified atom stereocenters. The molecule has 1 aliphatic heterocycles. The minimum Gasteiger partial charge on any atom is -0.392 e. The van der Waals surface area contributed by atoms with Crippen molar-refractivity contribution in [1.29, 1.82) is 0 Å². The molecule has 0 saturated carbocycles. The molecule has 4 heteroatoms. The molecule has 0 aliphatic carbocycles. The van der Waals surface area contributed by atoms with Gasteiger partial charge in [-0.25, -0.2) is 4.39 Å². The summed E-state index contributed by atoms with van der Waals surface area (Å²) in [4.78, 5) is 1.82. The third kappa shape index (κ3) is 2.11. The fraction of sp³-hybridized carbons (Fsp3) is 0.455. The summed E-state index contributed by atoms with van der Waals surface area (Å²) in [5, 5.41) is 18.2. The van der Waals surface area contributed by atoms with Gasteiger partial charge in [0, 0.05) is 13.1 Å². The van der Waals surface area contributed by atoms with Gasteiger partial charge in [0.15, 0.2) is 0 Å². The minimum atomic E-state index is -0.359. The van der Waals surface area contributed by atoms with Gasteiger partial charge in [-0.2, -0.15) is 0 Å². The smallest absolute Gasteiger partial charge is 0.146 e. The fourth-order valence-corrected chi connectivity index (χ4v) is 1.87. The Labute approximate surface area is 87.8 Å². The number of aliphatic hydroxyl groups is 2. The highest BCUT2D eigenvalue weighted by molar-refractivity contribution is 5.50. The summed E-state index contributed by atoms with van der Waals surface area (Å²) in [6.07, 6.45) is 0.322. The average Bonchev–Trinajstić information content (AvgIpc) is 2.64. The van der Waals surface area contributed by atoms with Crippen molar-refractivity contribution in [3.8, 4) is 0 Å². The number of aliphatic hydroxyl groups excluding tert-OH is 2. The van der Waals surface area contributed by atoms with Crippen LogP contribution in [0.2, 0.25) is 0 Å². The molecule has 0 amide bonds. The molecule has 1 fully saturated rings. The maximum absolute atomic E-state index is 13.6. The molecule has 0 bridgehead atoms.